The maximum absolute atomic E-state index is 11.8. The highest BCUT2D eigenvalue weighted by atomic mass is 35.5. The molecular formula is C15H23ClN2O2. The summed E-state index contributed by atoms with van der Waals surface area (Å²) in [5.74, 6) is 0.768. The zero-order valence-corrected chi connectivity index (χ0v) is 13.2. The van der Waals surface area contributed by atoms with Crippen LogP contribution in [-0.4, -0.2) is 18.1 Å². The molecule has 0 aromatic heterocycles. The van der Waals surface area contributed by atoms with E-state index in [1.807, 2.05) is 27.7 Å². The first kappa shape index (κ1) is 16.8. The van der Waals surface area contributed by atoms with Crippen LogP contribution in [0.15, 0.2) is 18.2 Å². The van der Waals surface area contributed by atoms with Crippen molar-refractivity contribution in [2.45, 2.75) is 46.3 Å². The highest BCUT2D eigenvalue weighted by molar-refractivity contribution is 6.32. The van der Waals surface area contributed by atoms with Gasteiger partial charge in [-0.05, 0) is 38.0 Å². The Hall–Kier alpha value is -1.26. The third kappa shape index (κ3) is 5.39. The molecule has 0 radical (unpaired) electrons. The average molecular weight is 299 g/mol. The molecule has 3 N–H and O–H groups in total. The van der Waals surface area contributed by atoms with Crippen LogP contribution in [0.1, 0.15) is 34.1 Å². The van der Waals surface area contributed by atoms with E-state index >= 15 is 0 Å². The van der Waals surface area contributed by atoms with Crippen molar-refractivity contribution in [3.63, 3.8) is 0 Å². The van der Waals surface area contributed by atoms with E-state index in [-0.39, 0.29) is 24.0 Å². The van der Waals surface area contributed by atoms with Gasteiger partial charge in [-0.25, -0.2) is 0 Å². The maximum Gasteiger partial charge on any atom is 0.225 e. The van der Waals surface area contributed by atoms with Gasteiger partial charge in [0.05, 0.1) is 11.1 Å². The van der Waals surface area contributed by atoms with Gasteiger partial charge in [0.1, 0.15) is 5.75 Å². The van der Waals surface area contributed by atoms with Gasteiger partial charge >= 0.3 is 0 Å². The lowest BCUT2D eigenvalue weighted by atomic mass is 10.0. The topological polar surface area (TPSA) is 64.3 Å². The summed E-state index contributed by atoms with van der Waals surface area (Å²) in [4.78, 5) is 11.8. The van der Waals surface area contributed by atoms with Gasteiger partial charge in [0.25, 0.3) is 0 Å². The smallest absolute Gasteiger partial charge is 0.225 e. The number of nitrogens with one attached hydrogen (secondary N) is 1. The number of benzene rings is 1. The lowest BCUT2D eigenvalue weighted by Gasteiger charge is -2.16. The lowest BCUT2D eigenvalue weighted by Crippen LogP contribution is -2.31. The van der Waals surface area contributed by atoms with Crippen molar-refractivity contribution in [3.8, 4) is 5.75 Å². The predicted octanol–water partition coefficient (Wildman–Crippen LogP) is 3.44. The molecular weight excluding hydrogens is 276 g/mol. The van der Waals surface area contributed by atoms with E-state index in [4.69, 9.17) is 22.1 Å². The van der Waals surface area contributed by atoms with Crippen LogP contribution in [0.4, 0.5) is 5.69 Å². The minimum absolute atomic E-state index is 0.0528. The molecule has 0 fully saturated rings. The summed E-state index contributed by atoms with van der Waals surface area (Å²) in [7, 11) is 0. The van der Waals surface area contributed by atoms with Crippen LogP contribution in [0.5, 0.6) is 5.75 Å². The Bertz CT molecular complexity index is 461. The van der Waals surface area contributed by atoms with E-state index in [2.05, 4.69) is 5.32 Å². The van der Waals surface area contributed by atoms with Crippen molar-refractivity contribution < 1.29 is 9.53 Å². The molecule has 0 saturated heterocycles. The van der Waals surface area contributed by atoms with Crippen LogP contribution in [0.25, 0.3) is 0 Å². The number of carbonyl (C=O) groups is 1. The quantitative estimate of drug-likeness (QED) is 0.845. The van der Waals surface area contributed by atoms with E-state index in [1.165, 1.54) is 0 Å². The van der Waals surface area contributed by atoms with E-state index in [1.54, 1.807) is 18.2 Å². The van der Waals surface area contributed by atoms with Crippen LogP contribution < -0.4 is 15.8 Å². The number of carbonyl (C=O) groups excluding carboxylic acids is 1. The zero-order valence-electron chi connectivity index (χ0n) is 12.4. The second-order valence-electron chi connectivity index (χ2n) is 5.47. The normalized spacial score (nSPS) is 12.6. The number of hydrogen-bond donors (Lipinski definition) is 2. The predicted molar refractivity (Wildman–Crippen MR) is 83.3 cm³/mol. The molecule has 1 aromatic carbocycles. The monoisotopic (exact) mass is 298 g/mol. The Balaban J connectivity index is 2.65. The first-order chi connectivity index (χ1) is 9.29. The highest BCUT2D eigenvalue weighted by Gasteiger charge is 2.13. The van der Waals surface area contributed by atoms with Crippen molar-refractivity contribution in [1.29, 1.82) is 0 Å². The van der Waals surface area contributed by atoms with Gasteiger partial charge in [-0.15, -0.1) is 0 Å². The molecule has 0 heterocycles. The largest absolute Gasteiger partial charge is 0.489 e. The lowest BCUT2D eigenvalue weighted by molar-refractivity contribution is -0.116. The molecule has 1 aromatic rings. The Morgan fingerprint density at radius 3 is 2.50 bits per heavy atom. The molecule has 4 nitrogen and oxygen atoms in total. The second-order valence-corrected chi connectivity index (χ2v) is 5.88. The Kier molecular flexibility index (Phi) is 6.30. The third-order valence-electron chi connectivity index (χ3n) is 2.86. The number of hydrogen-bond acceptors (Lipinski definition) is 3. The van der Waals surface area contributed by atoms with Gasteiger partial charge in [-0.2, -0.15) is 0 Å². The summed E-state index contributed by atoms with van der Waals surface area (Å²) in [6.45, 7) is 7.85. The maximum atomic E-state index is 11.8. The SMILES string of the molecule is CC(C)Oc1ccc(NC(=O)CC(N)C(C)C)cc1Cl. The molecule has 1 amide bonds. The van der Waals surface area contributed by atoms with Crippen LogP contribution in [0, 0.1) is 5.92 Å². The first-order valence-electron chi connectivity index (χ1n) is 6.81. The van der Waals surface area contributed by atoms with Gasteiger partial charge in [0.2, 0.25) is 5.91 Å². The van der Waals surface area contributed by atoms with Gasteiger partial charge in [0.15, 0.2) is 0 Å². The van der Waals surface area contributed by atoms with Crippen LogP contribution in [0.3, 0.4) is 0 Å². The van der Waals surface area contributed by atoms with Crippen molar-refractivity contribution in [1.82, 2.24) is 0 Å². The molecule has 0 spiro atoms. The minimum Gasteiger partial charge on any atom is -0.489 e. The molecule has 20 heavy (non-hydrogen) atoms. The fourth-order valence-electron chi connectivity index (χ4n) is 1.59. The third-order valence-corrected chi connectivity index (χ3v) is 3.15. The van der Waals surface area contributed by atoms with Crippen LogP contribution >= 0.6 is 11.6 Å². The van der Waals surface area contributed by atoms with E-state index in [9.17, 15) is 4.79 Å². The Labute approximate surface area is 125 Å². The number of anilines is 1. The fourth-order valence-corrected chi connectivity index (χ4v) is 1.81. The van der Waals surface area contributed by atoms with Crippen LogP contribution in [0.2, 0.25) is 5.02 Å². The number of ether oxygens (including phenoxy) is 1. The summed E-state index contributed by atoms with van der Waals surface area (Å²) in [6.07, 6.45) is 0.344. The fraction of sp³-hybridized carbons (Fsp3) is 0.533. The summed E-state index contributed by atoms with van der Waals surface area (Å²) in [5.41, 5.74) is 6.52. The molecule has 0 aliphatic rings. The van der Waals surface area contributed by atoms with Crippen LogP contribution in [-0.2, 0) is 4.79 Å². The van der Waals surface area contributed by atoms with E-state index < -0.39 is 0 Å². The molecule has 1 rings (SSSR count). The van der Waals surface area contributed by atoms with Crippen molar-refractivity contribution in [2.24, 2.45) is 11.7 Å². The molecule has 0 saturated carbocycles. The van der Waals surface area contributed by atoms with Crippen molar-refractivity contribution >= 4 is 23.2 Å². The van der Waals surface area contributed by atoms with Gasteiger partial charge in [-0.3, -0.25) is 4.79 Å². The van der Waals surface area contributed by atoms with Gasteiger partial charge in [0, 0.05) is 18.2 Å². The summed E-state index contributed by atoms with van der Waals surface area (Å²) < 4.78 is 5.54. The van der Waals surface area contributed by atoms with Crippen molar-refractivity contribution in [2.75, 3.05) is 5.32 Å². The summed E-state index contributed by atoms with van der Waals surface area (Å²) in [5, 5.41) is 3.27. The molecule has 0 aliphatic heterocycles. The molecule has 0 aliphatic carbocycles. The first-order valence-corrected chi connectivity index (χ1v) is 7.19. The number of halogens is 1. The standard InChI is InChI=1S/C15H23ClN2O2/c1-9(2)13(17)8-15(19)18-11-5-6-14(12(16)7-11)20-10(3)4/h5-7,9-10,13H,8,17H2,1-4H3,(H,18,19). The average Bonchev–Trinajstić information content (AvgIpc) is 2.31. The van der Waals surface area contributed by atoms with Crippen molar-refractivity contribution in [3.05, 3.63) is 23.2 Å². The molecule has 1 atom stereocenters. The summed E-state index contributed by atoms with van der Waals surface area (Å²) in [6, 6.07) is 5.05. The minimum atomic E-state index is -0.144. The van der Waals surface area contributed by atoms with Gasteiger partial charge in [-0.1, -0.05) is 25.4 Å². The number of rotatable bonds is 6. The molecule has 1 unspecified atom stereocenters. The molecule has 112 valence electrons. The Morgan fingerprint density at radius 2 is 2.00 bits per heavy atom. The Morgan fingerprint density at radius 1 is 1.35 bits per heavy atom. The second kappa shape index (κ2) is 7.50. The number of nitrogens with two attached hydrogens (primary N) is 1. The molecule has 0 bridgehead atoms. The van der Waals surface area contributed by atoms with Gasteiger partial charge < -0.3 is 15.8 Å². The van der Waals surface area contributed by atoms with E-state index in [0.717, 1.165) is 0 Å². The highest BCUT2D eigenvalue weighted by Crippen LogP contribution is 2.28. The molecule has 5 heteroatoms. The summed E-state index contributed by atoms with van der Waals surface area (Å²) >= 11 is 6.11. The number of amides is 1. The zero-order chi connectivity index (χ0) is 15.3. The van der Waals surface area contributed by atoms with E-state index in [0.29, 0.717) is 22.9 Å².